The van der Waals surface area contributed by atoms with Gasteiger partial charge in [0.15, 0.2) is 0 Å². The van der Waals surface area contributed by atoms with Crippen LogP contribution in [0.25, 0.3) is 10.9 Å². The molecule has 0 saturated carbocycles. The van der Waals surface area contributed by atoms with E-state index in [-0.39, 0.29) is 25.7 Å². The van der Waals surface area contributed by atoms with Gasteiger partial charge in [-0.25, -0.2) is 4.79 Å². The number of nitrogens with two attached hydrogens (primary N) is 1. The maximum absolute atomic E-state index is 13.7. The first-order valence-corrected chi connectivity index (χ1v) is 21.3. The zero-order chi connectivity index (χ0) is 45.2. The summed E-state index contributed by atoms with van der Waals surface area (Å²) in [5.41, 5.74) is 9.05. The third-order valence-corrected chi connectivity index (χ3v) is 10.5. The number of amides is 6. The molecule has 0 unspecified atom stereocenters. The Hall–Kier alpha value is -6.28. The number of benzene rings is 3. The normalized spacial score (nSPS) is 14.5. The minimum atomic E-state index is -1.62. The minimum absolute atomic E-state index is 0.0464. The summed E-state index contributed by atoms with van der Waals surface area (Å²) in [4.78, 5) is 95.2. The molecule has 332 valence electrons. The third kappa shape index (κ3) is 14.7. The second-order valence-corrected chi connectivity index (χ2v) is 15.6. The number of fused-ring (bicyclic) bond motifs is 1. The van der Waals surface area contributed by atoms with Gasteiger partial charge in [0, 0.05) is 29.9 Å². The van der Waals surface area contributed by atoms with Gasteiger partial charge in [-0.15, -0.1) is 0 Å². The molecule has 1 aromatic heterocycles. The number of aromatic amines is 1. The molecule has 4 rings (SSSR count). The first-order chi connectivity index (χ1) is 29.7. The number of carbonyl (C=O) groups excluding carboxylic acids is 6. The lowest BCUT2D eigenvalue weighted by Gasteiger charge is -2.26. The Bertz CT molecular complexity index is 2140. The molecule has 0 saturated heterocycles. The molecule has 0 aliphatic rings. The summed E-state index contributed by atoms with van der Waals surface area (Å²) < 4.78 is 0. The lowest BCUT2D eigenvalue weighted by molar-refractivity contribution is -0.142. The van der Waals surface area contributed by atoms with Crippen LogP contribution in [0.15, 0.2) is 91.1 Å². The van der Waals surface area contributed by atoms with Gasteiger partial charge < -0.3 is 57.9 Å². The van der Waals surface area contributed by atoms with Crippen molar-refractivity contribution in [2.75, 3.05) is 25.2 Å². The average molecular weight is 875 g/mol. The molecule has 62 heavy (non-hydrogen) atoms. The maximum Gasteiger partial charge on any atom is 0.326 e. The number of aromatic nitrogens is 1. The molecule has 7 atom stereocenters. The number of aliphatic hydroxyl groups is 2. The molecular formula is C43H54N8O10S. The van der Waals surface area contributed by atoms with E-state index < -0.39 is 96.9 Å². The molecule has 18 nitrogen and oxygen atoms in total. The number of aliphatic carboxylic acids is 1. The average Bonchev–Trinajstić information content (AvgIpc) is 3.67. The van der Waals surface area contributed by atoms with Crippen LogP contribution in [0.5, 0.6) is 0 Å². The fourth-order valence-electron chi connectivity index (χ4n) is 6.44. The Morgan fingerprint density at radius 2 is 1.21 bits per heavy atom. The Kier molecular flexibility index (Phi) is 18.9. The van der Waals surface area contributed by atoms with E-state index in [9.17, 15) is 48.9 Å². The van der Waals surface area contributed by atoms with E-state index in [1.165, 1.54) is 18.7 Å². The van der Waals surface area contributed by atoms with Gasteiger partial charge in [0.25, 0.3) is 0 Å². The molecular weight excluding hydrogens is 821 g/mol. The molecule has 0 fully saturated rings. The Balaban J connectivity index is 1.41. The molecule has 0 radical (unpaired) electrons. The minimum Gasteiger partial charge on any atom is -0.480 e. The van der Waals surface area contributed by atoms with Crippen molar-refractivity contribution < 1.29 is 48.9 Å². The number of rotatable bonds is 24. The van der Waals surface area contributed by atoms with Crippen molar-refractivity contribution in [2.45, 2.75) is 75.0 Å². The number of nitrogens with one attached hydrogen (secondary N) is 7. The summed E-state index contributed by atoms with van der Waals surface area (Å²) in [6, 6.07) is 16.6. The van der Waals surface area contributed by atoms with Crippen LogP contribution in [0.4, 0.5) is 0 Å². The van der Waals surface area contributed by atoms with Gasteiger partial charge in [0.1, 0.15) is 30.2 Å². The number of carboxylic acids is 1. The predicted octanol–water partition coefficient (Wildman–Crippen LogP) is -0.726. The van der Waals surface area contributed by atoms with Gasteiger partial charge in [0.05, 0.1) is 25.3 Å². The fourth-order valence-corrected chi connectivity index (χ4v) is 6.91. The smallest absolute Gasteiger partial charge is 0.326 e. The highest BCUT2D eigenvalue weighted by Crippen LogP contribution is 2.19. The van der Waals surface area contributed by atoms with Gasteiger partial charge in [-0.05, 0) is 54.5 Å². The quantitative estimate of drug-likeness (QED) is 0.0416. The van der Waals surface area contributed by atoms with Crippen LogP contribution >= 0.6 is 11.8 Å². The molecule has 0 aliphatic heterocycles. The van der Waals surface area contributed by atoms with Crippen LogP contribution in [0.2, 0.25) is 0 Å². The summed E-state index contributed by atoms with van der Waals surface area (Å²) in [5.74, 6) is -5.92. The van der Waals surface area contributed by atoms with Crippen LogP contribution in [0.3, 0.4) is 0 Å². The van der Waals surface area contributed by atoms with E-state index in [4.69, 9.17) is 5.73 Å². The van der Waals surface area contributed by atoms with E-state index >= 15 is 0 Å². The van der Waals surface area contributed by atoms with Crippen molar-refractivity contribution in [3.05, 3.63) is 108 Å². The topological polar surface area (TPSA) is 294 Å². The van der Waals surface area contributed by atoms with E-state index in [0.717, 1.165) is 16.5 Å². The van der Waals surface area contributed by atoms with Gasteiger partial charge in [-0.1, -0.05) is 78.9 Å². The van der Waals surface area contributed by atoms with Crippen molar-refractivity contribution in [1.29, 1.82) is 0 Å². The monoisotopic (exact) mass is 874 g/mol. The lowest BCUT2D eigenvalue weighted by Crippen LogP contribution is -2.60. The molecule has 12 N–H and O–H groups in total. The van der Waals surface area contributed by atoms with Gasteiger partial charge >= 0.3 is 5.97 Å². The van der Waals surface area contributed by atoms with Crippen LogP contribution < -0.4 is 37.6 Å². The molecule has 19 heteroatoms. The Labute approximate surface area is 362 Å². The predicted molar refractivity (Wildman–Crippen MR) is 232 cm³/mol. The third-order valence-electron chi connectivity index (χ3n) is 9.83. The first kappa shape index (κ1) is 48.4. The summed E-state index contributed by atoms with van der Waals surface area (Å²) in [7, 11) is 0. The van der Waals surface area contributed by atoms with Gasteiger partial charge in [-0.2, -0.15) is 11.8 Å². The highest BCUT2D eigenvalue weighted by atomic mass is 32.2. The molecule has 0 aliphatic carbocycles. The number of hydrogen-bond donors (Lipinski definition) is 11. The second-order valence-electron chi connectivity index (χ2n) is 14.6. The largest absolute Gasteiger partial charge is 0.480 e. The number of hydrogen-bond acceptors (Lipinski definition) is 11. The van der Waals surface area contributed by atoms with Crippen molar-refractivity contribution in [1.82, 2.24) is 36.9 Å². The van der Waals surface area contributed by atoms with E-state index in [1.54, 1.807) is 73.1 Å². The standard InChI is InChI=1S/C43H54N8O10S/c1-25(53)37(51-38(55)30(44)21-28-22-45-31-16-10-9-15-29(28)31)42(59)46-23-36(54)47-33(19-26-11-5-3-6-12-26)39(56)50-35(24-52)41(58)49-34(20-27-13-7-4-8-14-27)40(57)48-32(43(60)61)17-18-62-2/h3-16,22,25,30,32-35,37,45,52-53H,17-21,23-24,44H2,1-2H3,(H,46,59)(H,47,54)(H,48,57)(H,49,58)(H,50,56)(H,51,55)(H,60,61)/t25-,30+,32+,33+,34+,35+,37+/m1/s1. The summed E-state index contributed by atoms with van der Waals surface area (Å²) in [6.45, 7) is -0.325. The number of para-hydroxylation sites is 1. The molecule has 0 spiro atoms. The fraction of sp³-hybridized carbons (Fsp3) is 0.372. The SMILES string of the molecule is CSCC[C@H](NC(=O)[C@H](Cc1ccccc1)NC(=O)[C@H](CO)NC(=O)[C@H](Cc1ccccc1)NC(=O)CNC(=O)[C@@H](NC(=O)[C@@H](N)Cc1c[nH]c2ccccc12)[C@@H](C)O)C(=O)O. The molecule has 3 aromatic carbocycles. The molecule has 0 bridgehead atoms. The zero-order valence-electron chi connectivity index (χ0n) is 34.3. The number of thioether (sulfide) groups is 1. The number of H-pyrrole nitrogens is 1. The second kappa shape index (κ2) is 24.2. The highest BCUT2D eigenvalue weighted by molar-refractivity contribution is 7.98. The maximum atomic E-state index is 13.7. The van der Waals surface area contributed by atoms with Crippen molar-refractivity contribution in [2.24, 2.45) is 5.73 Å². The molecule has 4 aromatic rings. The summed E-state index contributed by atoms with van der Waals surface area (Å²) in [6.07, 6.45) is 2.26. The molecule has 1 heterocycles. The van der Waals surface area contributed by atoms with E-state index in [2.05, 4.69) is 36.9 Å². The summed E-state index contributed by atoms with van der Waals surface area (Å²) >= 11 is 1.40. The Morgan fingerprint density at radius 3 is 1.77 bits per heavy atom. The van der Waals surface area contributed by atoms with E-state index in [0.29, 0.717) is 16.9 Å². The number of carbonyl (C=O) groups is 7. The van der Waals surface area contributed by atoms with E-state index in [1.807, 2.05) is 24.3 Å². The van der Waals surface area contributed by atoms with Crippen molar-refractivity contribution in [3.8, 4) is 0 Å². The van der Waals surface area contributed by atoms with Crippen molar-refractivity contribution >= 4 is 64.1 Å². The number of aliphatic hydroxyl groups excluding tert-OH is 2. The zero-order valence-corrected chi connectivity index (χ0v) is 35.2. The summed E-state index contributed by atoms with van der Waals surface area (Å²) in [5, 5.41) is 45.9. The first-order valence-electron chi connectivity index (χ1n) is 19.9. The van der Waals surface area contributed by atoms with Crippen molar-refractivity contribution in [3.63, 3.8) is 0 Å². The Morgan fingerprint density at radius 1 is 0.677 bits per heavy atom. The lowest BCUT2D eigenvalue weighted by atomic mass is 10.0. The van der Waals surface area contributed by atoms with Crippen LogP contribution in [-0.2, 0) is 52.8 Å². The van der Waals surface area contributed by atoms with Crippen LogP contribution in [0.1, 0.15) is 30.0 Å². The van der Waals surface area contributed by atoms with Crippen LogP contribution in [0, 0.1) is 0 Å². The number of carboxylic acid groups (broad SMARTS) is 1. The molecule has 6 amide bonds. The van der Waals surface area contributed by atoms with Crippen LogP contribution in [-0.4, -0.2) is 129 Å². The highest BCUT2D eigenvalue weighted by Gasteiger charge is 2.32. The van der Waals surface area contributed by atoms with Gasteiger partial charge in [0.2, 0.25) is 35.4 Å². The van der Waals surface area contributed by atoms with Gasteiger partial charge in [-0.3, -0.25) is 28.8 Å².